The lowest BCUT2D eigenvalue weighted by molar-refractivity contribution is -0.634. The minimum Gasteiger partial charge on any atom is -0.226 e. The number of imidazole rings is 1. The molecule has 2 nitrogen and oxygen atoms in total. The normalized spacial score (nSPS) is 11.5. The van der Waals surface area contributed by atoms with Crippen LogP contribution in [0.2, 0.25) is 0 Å². The number of hydrogen-bond donors (Lipinski definition) is 0. The summed E-state index contributed by atoms with van der Waals surface area (Å²) < 4.78 is 4.59. The fraction of sp³-hybridized carbons (Fsp3) is 0.316. The van der Waals surface area contributed by atoms with Crippen LogP contribution in [0.1, 0.15) is 30.9 Å². The van der Waals surface area contributed by atoms with Crippen molar-refractivity contribution in [3.8, 4) is 11.4 Å². The van der Waals surface area contributed by atoms with Crippen LogP contribution in [0.15, 0.2) is 42.5 Å². The molecule has 21 heavy (non-hydrogen) atoms. The van der Waals surface area contributed by atoms with E-state index >= 15 is 0 Å². The van der Waals surface area contributed by atoms with Crippen molar-refractivity contribution in [2.45, 2.75) is 26.7 Å². The highest BCUT2D eigenvalue weighted by Crippen LogP contribution is 2.29. The van der Waals surface area contributed by atoms with Gasteiger partial charge >= 0.3 is 0 Å². The number of fused-ring (bicyclic) bond motifs is 1. The van der Waals surface area contributed by atoms with Crippen LogP contribution < -0.4 is 4.57 Å². The summed E-state index contributed by atoms with van der Waals surface area (Å²) in [4.78, 5) is 0. The van der Waals surface area contributed by atoms with Crippen molar-refractivity contribution in [2.75, 3.05) is 0 Å². The average molecular weight is 279 g/mol. The monoisotopic (exact) mass is 279 g/mol. The molecule has 0 spiro atoms. The number of rotatable bonds is 2. The van der Waals surface area contributed by atoms with E-state index in [1.807, 2.05) is 0 Å². The molecular weight excluding hydrogens is 256 g/mol. The topological polar surface area (TPSA) is 8.81 Å². The molecule has 2 aromatic carbocycles. The third kappa shape index (κ3) is 2.06. The summed E-state index contributed by atoms with van der Waals surface area (Å²) in [5, 5.41) is 0. The Labute approximate surface area is 126 Å². The first-order valence-corrected chi connectivity index (χ1v) is 7.55. The van der Waals surface area contributed by atoms with Crippen LogP contribution in [0.4, 0.5) is 0 Å². The maximum atomic E-state index is 2.29. The van der Waals surface area contributed by atoms with Gasteiger partial charge in [-0.2, -0.15) is 0 Å². The zero-order chi connectivity index (χ0) is 15.1. The van der Waals surface area contributed by atoms with Crippen molar-refractivity contribution in [3.05, 3.63) is 53.6 Å². The molecule has 3 rings (SSSR count). The predicted molar refractivity (Wildman–Crippen MR) is 88.4 cm³/mol. The minimum absolute atomic E-state index is 0.546. The van der Waals surface area contributed by atoms with Crippen molar-refractivity contribution in [3.63, 3.8) is 0 Å². The van der Waals surface area contributed by atoms with Crippen molar-refractivity contribution in [1.29, 1.82) is 0 Å². The van der Waals surface area contributed by atoms with Gasteiger partial charge in [0, 0.05) is 0 Å². The van der Waals surface area contributed by atoms with E-state index in [1.165, 1.54) is 33.5 Å². The Hall–Kier alpha value is -2.09. The van der Waals surface area contributed by atoms with E-state index in [1.54, 1.807) is 0 Å². The molecule has 0 aliphatic carbocycles. The average Bonchev–Trinajstić information content (AvgIpc) is 2.72. The van der Waals surface area contributed by atoms with E-state index in [2.05, 4.69) is 86.5 Å². The van der Waals surface area contributed by atoms with Crippen LogP contribution in [-0.2, 0) is 14.1 Å². The van der Waals surface area contributed by atoms with Gasteiger partial charge in [-0.05, 0) is 42.2 Å². The van der Waals surface area contributed by atoms with E-state index in [4.69, 9.17) is 0 Å². The molecule has 3 aromatic rings. The number of para-hydroxylation sites is 2. The summed E-state index contributed by atoms with van der Waals surface area (Å²) in [6.45, 7) is 6.75. The Morgan fingerprint density at radius 3 is 2.38 bits per heavy atom. The molecule has 108 valence electrons. The lowest BCUT2D eigenvalue weighted by Crippen LogP contribution is -2.30. The molecule has 0 unspecified atom stereocenters. The van der Waals surface area contributed by atoms with Gasteiger partial charge in [-0.1, -0.05) is 38.1 Å². The summed E-state index contributed by atoms with van der Waals surface area (Å²) in [6, 6.07) is 15.2. The zero-order valence-electron chi connectivity index (χ0n) is 13.5. The minimum atomic E-state index is 0.546. The van der Waals surface area contributed by atoms with E-state index in [0.29, 0.717) is 5.92 Å². The molecular formula is C19H23N2+. The van der Waals surface area contributed by atoms with Gasteiger partial charge in [-0.15, -0.1) is 0 Å². The molecule has 0 N–H and O–H groups in total. The van der Waals surface area contributed by atoms with Crippen LogP contribution in [0.25, 0.3) is 22.4 Å². The fourth-order valence-corrected chi connectivity index (χ4v) is 3.37. The number of aryl methyl sites for hydroxylation is 2. The van der Waals surface area contributed by atoms with Crippen molar-refractivity contribution < 1.29 is 4.57 Å². The first-order valence-electron chi connectivity index (χ1n) is 7.55. The second-order valence-corrected chi connectivity index (χ2v) is 6.10. The number of benzene rings is 2. The Balaban J connectivity index is 2.34. The predicted octanol–water partition coefficient (Wildman–Crippen LogP) is 4.10. The third-order valence-electron chi connectivity index (χ3n) is 4.48. The van der Waals surface area contributed by atoms with Gasteiger partial charge in [0.1, 0.15) is 0 Å². The molecule has 1 heterocycles. The van der Waals surface area contributed by atoms with Crippen molar-refractivity contribution >= 4 is 11.0 Å². The van der Waals surface area contributed by atoms with E-state index in [0.717, 1.165) is 0 Å². The van der Waals surface area contributed by atoms with E-state index in [9.17, 15) is 0 Å². The number of hydrogen-bond acceptors (Lipinski definition) is 0. The van der Waals surface area contributed by atoms with E-state index in [-0.39, 0.29) is 0 Å². The van der Waals surface area contributed by atoms with Crippen molar-refractivity contribution in [2.24, 2.45) is 14.1 Å². The fourth-order valence-electron chi connectivity index (χ4n) is 3.37. The quantitative estimate of drug-likeness (QED) is 0.624. The molecule has 0 atom stereocenters. The summed E-state index contributed by atoms with van der Waals surface area (Å²) >= 11 is 0. The smallest absolute Gasteiger partial charge is 0.226 e. The van der Waals surface area contributed by atoms with Crippen LogP contribution in [0.3, 0.4) is 0 Å². The highest BCUT2D eigenvalue weighted by molar-refractivity contribution is 5.76. The van der Waals surface area contributed by atoms with Gasteiger partial charge in [-0.3, -0.25) is 0 Å². The molecule has 2 heteroatoms. The lowest BCUT2D eigenvalue weighted by atomic mass is 9.94. The molecule has 0 saturated heterocycles. The summed E-state index contributed by atoms with van der Waals surface area (Å²) in [5.41, 5.74) is 6.67. The first kappa shape index (κ1) is 13.9. The molecule has 0 aliphatic rings. The number of aromatic nitrogens is 2. The largest absolute Gasteiger partial charge is 0.289 e. The van der Waals surface area contributed by atoms with Gasteiger partial charge in [0.2, 0.25) is 0 Å². The van der Waals surface area contributed by atoms with Gasteiger partial charge in [0.25, 0.3) is 5.82 Å². The van der Waals surface area contributed by atoms with Crippen LogP contribution >= 0.6 is 0 Å². The Bertz CT molecular complexity index is 771. The maximum absolute atomic E-state index is 2.29. The molecule has 0 radical (unpaired) electrons. The molecule has 0 bridgehead atoms. The molecule has 1 aromatic heterocycles. The Morgan fingerprint density at radius 1 is 1.00 bits per heavy atom. The second-order valence-electron chi connectivity index (χ2n) is 6.10. The van der Waals surface area contributed by atoms with Crippen LogP contribution in [0, 0.1) is 6.92 Å². The molecule has 0 aliphatic heterocycles. The van der Waals surface area contributed by atoms with Gasteiger partial charge in [0.05, 0.1) is 19.7 Å². The molecule has 0 amide bonds. The summed E-state index contributed by atoms with van der Waals surface area (Å²) in [7, 11) is 4.30. The van der Waals surface area contributed by atoms with Crippen molar-refractivity contribution in [1.82, 2.24) is 4.57 Å². The van der Waals surface area contributed by atoms with Gasteiger partial charge in [0.15, 0.2) is 11.0 Å². The highest BCUT2D eigenvalue weighted by Gasteiger charge is 2.23. The SMILES string of the molecule is Cc1c(-c2n(C)c3ccccc3[n+]2C)cccc1C(C)C. The number of nitrogens with zero attached hydrogens (tertiary/aromatic N) is 2. The van der Waals surface area contributed by atoms with Gasteiger partial charge in [-0.25, -0.2) is 9.13 Å². The third-order valence-corrected chi connectivity index (χ3v) is 4.48. The van der Waals surface area contributed by atoms with E-state index < -0.39 is 0 Å². The Morgan fingerprint density at radius 2 is 1.71 bits per heavy atom. The standard InChI is InChI=1S/C19H23N2/c1-13(2)15-9-8-10-16(14(15)3)19-20(4)17-11-6-7-12-18(17)21(19)5/h6-13H,1-5H3/q+1. The zero-order valence-corrected chi connectivity index (χ0v) is 13.5. The second kappa shape index (κ2) is 5.03. The highest BCUT2D eigenvalue weighted by atomic mass is 15.1. The molecule has 0 saturated carbocycles. The Kier molecular flexibility index (Phi) is 3.32. The summed E-state index contributed by atoms with van der Waals surface area (Å²) in [5.74, 6) is 1.81. The summed E-state index contributed by atoms with van der Waals surface area (Å²) in [6.07, 6.45) is 0. The van der Waals surface area contributed by atoms with Crippen LogP contribution in [0.5, 0.6) is 0 Å². The molecule has 0 fully saturated rings. The first-order chi connectivity index (χ1) is 10.0. The van der Waals surface area contributed by atoms with Crippen LogP contribution in [-0.4, -0.2) is 4.57 Å². The lowest BCUT2D eigenvalue weighted by Gasteiger charge is -2.12. The van der Waals surface area contributed by atoms with Gasteiger partial charge < -0.3 is 0 Å². The maximum Gasteiger partial charge on any atom is 0.289 e.